The molecule has 0 saturated heterocycles. The Morgan fingerprint density at radius 1 is 1.19 bits per heavy atom. The Bertz CT molecular complexity index is 863. The first-order valence-corrected chi connectivity index (χ1v) is 7.32. The third-order valence-corrected chi connectivity index (χ3v) is 3.95. The molecule has 1 aromatic carbocycles. The normalized spacial score (nSPS) is 10.8. The summed E-state index contributed by atoms with van der Waals surface area (Å²) in [5.41, 5.74) is 1.39. The van der Waals surface area contributed by atoms with Crippen molar-refractivity contribution in [1.82, 2.24) is 0 Å². The molecule has 0 saturated carbocycles. The lowest BCUT2D eigenvalue weighted by atomic mass is 10.1. The van der Waals surface area contributed by atoms with E-state index in [2.05, 4.69) is 0 Å². The van der Waals surface area contributed by atoms with Crippen molar-refractivity contribution >= 4 is 33.8 Å². The van der Waals surface area contributed by atoms with E-state index in [1.165, 1.54) is 11.3 Å². The summed E-state index contributed by atoms with van der Waals surface area (Å²) in [6.45, 7) is 0. The van der Waals surface area contributed by atoms with E-state index in [0.29, 0.717) is 11.1 Å². The minimum atomic E-state index is -0.602. The summed E-state index contributed by atoms with van der Waals surface area (Å²) in [5.74, 6) is -0.302. The lowest BCUT2D eigenvalue weighted by Crippen LogP contribution is -2.14. The Labute approximate surface area is 125 Å². The van der Waals surface area contributed by atoms with Crippen LogP contribution in [-0.2, 0) is 0 Å². The van der Waals surface area contributed by atoms with Gasteiger partial charge in [0, 0.05) is 42.2 Å². The summed E-state index contributed by atoms with van der Waals surface area (Å²) in [4.78, 5) is 26.3. The number of benzene rings is 1. The number of rotatable bonds is 3. The van der Waals surface area contributed by atoms with Crippen LogP contribution in [-0.4, -0.2) is 19.9 Å². The molecule has 2 aromatic heterocycles. The molecule has 106 valence electrons. The van der Waals surface area contributed by atoms with Gasteiger partial charge in [-0.2, -0.15) is 11.3 Å². The Morgan fingerprint density at radius 2 is 2.00 bits per heavy atom. The first-order chi connectivity index (χ1) is 10.1. The van der Waals surface area contributed by atoms with Crippen LogP contribution in [0.25, 0.3) is 11.0 Å². The van der Waals surface area contributed by atoms with Gasteiger partial charge in [0.1, 0.15) is 11.1 Å². The van der Waals surface area contributed by atoms with Gasteiger partial charge in [-0.25, -0.2) is 4.79 Å². The van der Waals surface area contributed by atoms with Crippen LogP contribution in [0.5, 0.6) is 0 Å². The van der Waals surface area contributed by atoms with Gasteiger partial charge in [0.25, 0.3) is 0 Å². The molecule has 0 aliphatic heterocycles. The van der Waals surface area contributed by atoms with Crippen molar-refractivity contribution < 1.29 is 9.21 Å². The Hall–Kier alpha value is -2.40. The van der Waals surface area contributed by atoms with E-state index in [1.54, 1.807) is 29.0 Å². The van der Waals surface area contributed by atoms with Crippen LogP contribution in [0.1, 0.15) is 15.9 Å². The highest BCUT2D eigenvalue weighted by Crippen LogP contribution is 2.21. The molecule has 0 amide bonds. The van der Waals surface area contributed by atoms with Gasteiger partial charge in [0.2, 0.25) is 5.78 Å². The van der Waals surface area contributed by atoms with E-state index >= 15 is 0 Å². The Balaban J connectivity index is 2.14. The van der Waals surface area contributed by atoms with Crippen molar-refractivity contribution in [3.05, 3.63) is 62.6 Å². The molecule has 0 radical (unpaired) electrons. The second-order valence-electron chi connectivity index (χ2n) is 4.91. The van der Waals surface area contributed by atoms with Gasteiger partial charge in [0.15, 0.2) is 0 Å². The number of nitrogens with zero attached hydrogens (tertiary/aromatic N) is 1. The Kier molecular flexibility index (Phi) is 3.35. The van der Waals surface area contributed by atoms with Crippen LogP contribution < -0.4 is 10.5 Å². The van der Waals surface area contributed by atoms with Crippen LogP contribution in [0.2, 0.25) is 0 Å². The van der Waals surface area contributed by atoms with Gasteiger partial charge < -0.3 is 9.32 Å². The largest absolute Gasteiger partial charge is 0.422 e. The fraction of sp³-hybridized carbons (Fsp3) is 0.125. The molecule has 0 N–H and O–H groups in total. The van der Waals surface area contributed by atoms with Crippen LogP contribution in [0.4, 0.5) is 5.69 Å². The van der Waals surface area contributed by atoms with Gasteiger partial charge in [-0.05, 0) is 29.6 Å². The van der Waals surface area contributed by atoms with E-state index in [-0.39, 0.29) is 11.3 Å². The number of thiophene rings is 1. The summed E-state index contributed by atoms with van der Waals surface area (Å²) in [6.07, 6.45) is 0. The van der Waals surface area contributed by atoms with E-state index in [1.807, 2.05) is 31.1 Å². The molecule has 0 aliphatic carbocycles. The fourth-order valence-corrected chi connectivity index (χ4v) is 2.72. The second-order valence-corrected chi connectivity index (χ2v) is 5.69. The zero-order valence-corrected chi connectivity index (χ0v) is 12.4. The third-order valence-electron chi connectivity index (χ3n) is 3.26. The molecule has 0 unspecified atom stereocenters. The highest BCUT2D eigenvalue weighted by atomic mass is 32.1. The first kappa shape index (κ1) is 13.6. The second kappa shape index (κ2) is 5.18. The molecule has 0 atom stereocenters. The molecular weight excluding hydrogens is 286 g/mol. The molecule has 5 heteroatoms. The maximum Gasteiger partial charge on any atom is 0.347 e. The van der Waals surface area contributed by atoms with Crippen molar-refractivity contribution in [1.29, 1.82) is 0 Å². The monoisotopic (exact) mass is 299 g/mol. The summed E-state index contributed by atoms with van der Waals surface area (Å²) in [7, 11) is 3.82. The van der Waals surface area contributed by atoms with Crippen LogP contribution in [0.3, 0.4) is 0 Å². The predicted octanol–water partition coefficient (Wildman–Crippen LogP) is 3.15. The molecule has 21 heavy (non-hydrogen) atoms. The van der Waals surface area contributed by atoms with E-state index in [9.17, 15) is 9.59 Å². The van der Waals surface area contributed by atoms with Gasteiger partial charge in [-0.15, -0.1) is 0 Å². The average Bonchev–Trinajstić information content (AvgIpc) is 2.99. The van der Waals surface area contributed by atoms with Gasteiger partial charge >= 0.3 is 5.63 Å². The standard InChI is InChI=1S/C16H13NO3S/c1-17(2)12-4-3-10-7-13(16(19)20-14(10)8-12)15(18)11-5-6-21-9-11/h3-9H,1-2H3. The quantitative estimate of drug-likeness (QED) is 0.550. The van der Waals surface area contributed by atoms with Crippen molar-refractivity contribution in [2.45, 2.75) is 0 Å². The number of fused-ring (bicyclic) bond motifs is 1. The third kappa shape index (κ3) is 2.48. The van der Waals surface area contributed by atoms with Crippen molar-refractivity contribution in [3.8, 4) is 0 Å². The molecule has 0 fully saturated rings. The lowest BCUT2D eigenvalue weighted by molar-refractivity contribution is 0.103. The average molecular weight is 299 g/mol. The molecule has 0 aliphatic rings. The number of carbonyl (C=O) groups is 1. The Morgan fingerprint density at radius 3 is 2.67 bits per heavy atom. The number of carbonyl (C=O) groups excluding carboxylic acids is 1. The van der Waals surface area contributed by atoms with E-state index in [4.69, 9.17) is 4.42 Å². The fourth-order valence-electron chi connectivity index (χ4n) is 2.09. The van der Waals surface area contributed by atoms with Crippen LogP contribution in [0, 0.1) is 0 Å². The van der Waals surface area contributed by atoms with Gasteiger partial charge in [0.05, 0.1) is 0 Å². The summed E-state index contributed by atoms with van der Waals surface area (Å²) < 4.78 is 5.30. The molecular formula is C16H13NO3S. The highest BCUT2D eigenvalue weighted by molar-refractivity contribution is 7.08. The minimum absolute atomic E-state index is 0.0681. The molecule has 3 aromatic rings. The van der Waals surface area contributed by atoms with E-state index in [0.717, 1.165) is 11.1 Å². The van der Waals surface area contributed by atoms with Crippen LogP contribution in [0.15, 0.2) is 50.3 Å². The SMILES string of the molecule is CN(C)c1ccc2cc(C(=O)c3ccsc3)c(=O)oc2c1. The summed E-state index contributed by atoms with van der Waals surface area (Å²) in [6, 6.07) is 8.85. The highest BCUT2D eigenvalue weighted by Gasteiger charge is 2.16. The summed E-state index contributed by atoms with van der Waals surface area (Å²) >= 11 is 1.42. The number of ketones is 1. The number of anilines is 1. The smallest absolute Gasteiger partial charge is 0.347 e. The predicted molar refractivity (Wildman–Crippen MR) is 84.6 cm³/mol. The molecule has 2 heterocycles. The summed E-state index contributed by atoms with van der Waals surface area (Å²) in [5, 5.41) is 4.26. The van der Waals surface area contributed by atoms with Crippen molar-refractivity contribution in [2.75, 3.05) is 19.0 Å². The zero-order valence-electron chi connectivity index (χ0n) is 11.6. The van der Waals surface area contributed by atoms with Gasteiger partial charge in [-0.1, -0.05) is 0 Å². The van der Waals surface area contributed by atoms with Gasteiger partial charge in [-0.3, -0.25) is 4.79 Å². The molecule has 4 nitrogen and oxygen atoms in total. The van der Waals surface area contributed by atoms with Crippen molar-refractivity contribution in [2.24, 2.45) is 0 Å². The number of hydrogen-bond donors (Lipinski definition) is 0. The zero-order chi connectivity index (χ0) is 15.0. The van der Waals surface area contributed by atoms with E-state index < -0.39 is 5.63 Å². The first-order valence-electron chi connectivity index (χ1n) is 6.38. The maximum atomic E-state index is 12.3. The topological polar surface area (TPSA) is 50.5 Å². The molecule has 0 spiro atoms. The lowest BCUT2D eigenvalue weighted by Gasteiger charge is -2.12. The maximum absolute atomic E-state index is 12.3. The minimum Gasteiger partial charge on any atom is -0.422 e. The number of hydrogen-bond acceptors (Lipinski definition) is 5. The molecule has 0 bridgehead atoms. The molecule has 3 rings (SSSR count). The van der Waals surface area contributed by atoms with Crippen LogP contribution >= 0.6 is 11.3 Å². The van der Waals surface area contributed by atoms with Crippen molar-refractivity contribution in [3.63, 3.8) is 0 Å².